The second kappa shape index (κ2) is 10.6. The lowest BCUT2D eigenvalue weighted by molar-refractivity contribution is 0.193. The van der Waals surface area contributed by atoms with Gasteiger partial charge in [0.2, 0.25) is 0 Å². The highest BCUT2D eigenvalue weighted by atomic mass is 15.1. The number of rotatable bonds is 11. The smallest absolute Gasteiger partial charge is 0.000667 e. The third-order valence-corrected chi connectivity index (χ3v) is 4.29. The Morgan fingerprint density at radius 3 is 2.00 bits per heavy atom. The molecule has 0 aromatic heterocycles. The minimum atomic E-state index is 0.390. The van der Waals surface area contributed by atoms with E-state index in [1.54, 1.807) is 0 Å². The molecule has 0 aliphatic carbocycles. The summed E-state index contributed by atoms with van der Waals surface area (Å²) in [4.78, 5) is 4.86. The van der Waals surface area contributed by atoms with Crippen molar-refractivity contribution in [3.05, 3.63) is 0 Å². The fourth-order valence-electron chi connectivity index (χ4n) is 2.81. The van der Waals surface area contributed by atoms with Gasteiger partial charge in [0.25, 0.3) is 0 Å². The van der Waals surface area contributed by atoms with Crippen LogP contribution in [0.3, 0.4) is 0 Å². The standard InChI is InChI=1S/C17H39N3/c1-7-20(15-9-13-19(5)6)14-8-10-16(11-12-18)17(2,3)4/h16H,7-15,18H2,1-6H3. The van der Waals surface area contributed by atoms with Crippen LogP contribution in [0.4, 0.5) is 0 Å². The van der Waals surface area contributed by atoms with E-state index in [0.29, 0.717) is 5.41 Å². The van der Waals surface area contributed by atoms with Crippen molar-refractivity contribution in [2.75, 3.05) is 46.8 Å². The Balaban J connectivity index is 3.97. The molecule has 0 amide bonds. The van der Waals surface area contributed by atoms with Crippen molar-refractivity contribution in [2.24, 2.45) is 17.1 Å². The Morgan fingerprint density at radius 2 is 1.55 bits per heavy atom. The zero-order valence-electron chi connectivity index (χ0n) is 14.9. The summed E-state index contributed by atoms with van der Waals surface area (Å²) in [5.41, 5.74) is 6.15. The van der Waals surface area contributed by atoms with Crippen LogP contribution in [-0.4, -0.2) is 56.6 Å². The Morgan fingerprint density at radius 1 is 0.950 bits per heavy atom. The summed E-state index contributed by atoms with van der Waals surface area (Å²) in [5.74, 6) is 0.757. The van der Waals surface area contributed by atoms with Crippen LogP contribution in [0.1, 0.15) is 53.4 Å². The Bertz CT molecular complexity index is 221. The van der Waals surface area contributed by atoms with E-state index in [2.05, 4.69) is 51.6 Å². The maximum absolute atomic E-state index is 5.76. The van der Waals surface area contributed by atoms with Crippen molar-refractivity contribution in [3.8, 4) is 0 Å². The zero-order valence-corrected chi connectivity index (χ0v) is 14.9. The van der Waals surface area contributed by atoms with Crippen LogP contribution in [0.15, 0.2) is 0 Å². The summed E-state index contributed by atoms with van der Waals surface area (Å²) >= 11 is 0. The van der Waals surface area contributed by atoms with E-state index < -0.39 is 0 Å². The number of hydrogen-bond donors (Lipinski definition) is 1. The number of nitrogens with two attached hydrogens (primary N) is 1. The molecule has 0 saturated carbocycles. The predicted molar refractivity (Wildman–Crippen MR) is 91.1 cm³/mol. The third kappa shape index (κ3) is 9.73. The molecule has 0 spiro atoms. The third-order valence-electron chi connectivity index (χ3n) is 4.29. The van der Waals surface area contributed by atoms with Gasteiger partial charge >= 0.3 is 0 Å². The molecular weight excluding hydrogens is 246 g/mol. The molecule has 1 unspecified atom stereocenters. The predicted octanol–water partition coefficient (Wildman–Crippen LogP) is 3.05. The van der Waals surface area contributed by atoms with E-state index in [1.807, 2.05) is 0 Å². The van der Waals surface area contributed by atoms with Gasteiger partial charge in [-0.25, -0.2) is 0 Å². The number of hydrogen-bond acceptors (Lipinski definition) is 3. The van der Waals surface area contributed by atoms with E-state index in [1.165, 1.54) is 45.4 Å². The van der Waals surface area contributed by atoms with Crippen LogP contribution in [0.25, 0.3) is 0 Å². The van der Waals surface area contributed by atoms with Crippen molar-refractivity contribution in [2.45, 2.75) is 53.4 Å². The van der Waals surface area contributed by atoms with Gasteiger partial charge in [-0.2, -0.15) is 0 Å². The van der Waals surface area contributed by atoms with Crippen LogP contribution in [-0.2, 0) is 0 Å². The summed E-state index contributed by atoms with van der Waals surface area (Å²) in [7, 11) is 4.30. The average Bonchev–Trinajstić information content (AvgIpc) is 2.34. The molecule has 20 heavy (non-hydrogen) atoms. The van der Waals surface area contributed by atoms with E-state index in [9.17, 15) is 0 Å². The first kappa shape index (κ1) is 19.9. The molecule has 2 N–H and O–H groups in total. The molecule has 0 bridgehead atoms. The molecule has 1 atom stereocenters. The van der Waals surface area contributed by atoms with Gasteiger partial charge in [0, 0.05) is 0 Å². The lowest BCUT2D eigenvalue weighted by Gasteiger charge is -2.31. The first-order valence-corrected chi connectivity index (χ1v) is 8.38. The monoisotopic (exact) mass is 285 g/mol. The Kier molecular flexibility index (Phi) is 10.5. The van der Waals surface area contributed by atoms with Crippen LogP contribution >= 0.6 is 0 Å². The molecule has 122 valence electrons. The van der Waals surface area contributed by atoms with E-state index in [0.717, 1.165) is 18.9 Å². The average molecular weight is 286 g/mol. The second-order valence-electron chi connectivity index (χ2n) is 7.37. The quantitative estimate of drug-likeness (QED) is 0.633. The molecule has 3 heteroatoms. The SMILES string of the molecule is CCN(CCCC(CCN)C(C)(C)C)CCCN(C)C. The zero-order chi connectivity index (χ0) is 15.6. The first-order chi connectivity index (χ1) is 9.31. The van der Waals surface area contributed by atoms with Crippen molar-refractivity contribution in [1.29, 1.82) is 0 Å². The van der Waals surface area contributed by atoms with E-state index in [-0.39, 0.29) is 0 Å². The van der Waals surface area contributed by atoms with Gasteiger partial charge in [-0.3, -0.25) is 0 Å². The lowest BCUT2D eigenvalue weighted by atomic mass is 9.76. The van der Waals surface area contributed by atoms with Crippen LogP contribution < -0.4 is 5.73 Å². The minimum Gasteiger partial charge on any atom is -0.330 e. The molecule has 0 rings (SSSR count). The van der Waals surface area contributed by atoms with Gasteiger partial charge < -0.3 is 15.5 Å². The van der Waals surface area contributed by atoms with Crippen molar-refractivity contribution >= 4 is 0 Å². The molecule has 0 saturated heterocycles. The summed E-state index contributed by atoms with van der Waals surface area (Å²) in [6.45, 7) is 15.0. The molecule has 0 heterocycles. The van der Waals surface area contributed by atoms with Gasteiger partial charge in [-0.15, -0.1) is 0 Å². The fraction of sp³-hybridized carbons (Fsp3) is 1.00. The van der Waals surface area contributed by atoms with Crippen LogP contribution in [0.5, 0.6) is 0 Å². The molecular formula is C17H39N3. The molecule has 0 aliphatic heterocycles. The number of nitrogens with zero attached hydrogens (tertiary/aromatic N) is 2. The van der Waals surface area contributed by atoms with Gasteiger partial charge in [0.15, 0.2) is 0 Å². The van der Waals surface area contributed by atoms with Gasteiger partial charge in [-0.1, -0.05) is 27.7 Å². The molecule has 3 nitrogen and oxygen atoms in total. The van der Waals surface area contributed by atoms with Crippen molar-refractivity contribution < 1.29 is 0 Å². The van der Waals surface area contributed by atoms with Crippen molar-refractivity contribution in [3.63, 3.8) is 0 Å². The fourth-order valence-corrected chi connectivity index (χ4v) is 2.81. The second-order valence-corrected chi connectivity index (χ2v) is 7.37. The summed E-state index contributed by atoms with van der Waals surface area (Å²) in [5, 5.41) is 0. The maximum Gasteiger partial charge on any atom is -0.000667 e. The van der Waals surface area contributed by atoms with Gasteiger partial charge in [0.05, 0.1) is 0 Å². The molecule has 0 radical (unpaired) electrons. The molecule has 0 aromatic carbocycles. The van der Waals surface area contributed by atoms with E-state index in [4.69, 9.17) is 5.73 Å². The topological polar surface area (TPSA) is 32.5 Å². The first-order valence-electron chi connectivity index (χ1n) is 8.38. The largest absolute Gasteiger partial charge is 0.330 e. The molecule has 0 fully saturated rings. The molecule has 0 aliphatic rings. The van der Waals surface area contributed by atoms with Crippen molar-refractivity contribution in [1.82, 2.24) is 9.80 Å². The highest BCUT2D eigenvalue weighted by Crippen LogP contribution is 2.32. The minimum absolute atomic E-state index is 0.390. The summed E-state index contributed by atoms with van der Waals surface area (Å²) in [6, 6.07) is 0. The highest BCUT2D eigenvalue weighted by molar-refractivity contribution is 4.75. The lowest BCUT2D eigenvalue weighted by Crippen LogP contribution is -2.29. The van der Waals surface area contributed by atoms with Crippen LogP contribution in [0.2, 0.25) is 0 Å². The van der Waals surface area contributed by atoms with E-state index >= 15 is 0 Å². The highest BCUT2D eigenvalue weighted by Gasteiger charge is 2.23. The van der Waals surface area contributed by atoms with Gasteiger partial charge in [0.1, 0.15) is 0 Å². The normalized spacial score (nSPS) is 14.2. The maximum atomic E-state index is 5.76. The van der Waals surface area contributed by atoms with Crippen LogP contribution in [0, 0.1) is 11.3 Å². The summed E-state index contributed by atoms with van der Waals surface area (Å²) < 4.78 is 0. The van der Waals surface area contributed by atoms with Gasteiger partial charge in [-0.05, 0) is 83.8 Å². The Hall–Kier alpha value is -0.120. The molecule has 0 aromatic rings. The summed E-state index contributed by atoms with van der Waals surface area (Å²) in [6.07, 6.45) is 5.05. The Labute approximate surface area is 127 Å².